The van der Waals surface area contributed by atoms with Gasteiger partial charge in [-0.05, 0) is 36.8 Å². The second kappa shape index (κ2) is 7.11. The molecule has 2 aromatic heterocycles. The highest BCUT2D eigenvalue weighted by Gasteiger charge is 2.15. The second-order valence-corrected chi connectivity index (χ2v) is 5.31. The van der Waals surface area contributed by atoms with Gasteiger partial charge >= 0.3 is 0 Å². The van der Waals surface area contributed by atoms with Crippen LogP contribution in [0.5, 0.6) is 5.75 Å². The summed E-state index contributed by atoms with van der Waals surface area (Å²) in [6.45, 7) is 3.68. The number of benzene rings is 1. The van der Waals surface area contributed by atoms with E-state index in [-0.39, 0.29) is 0 Å². The Bertz CT molecular complexity index is 750. The van der Waals surface area contributed by atoms with Gasteiger partial charge in [0.05, 0.1) is 12.9 Å². The predicted octanol–water partition coefficient (Wildman–Crippen LogP) is 2.77. The average molecular weight is 312 g/mol. The number of nitrogens with zero attached hydrogens (tertiary/aromatic N) is 3. The molecule has 0 saturated heterocycles. The van der Waals surface area contributed by atoms with Crippen molar-refractivity contribution in [1.29, 1.82) is 0 Å². The van der Waals surface area contributed by atoms with E-state index >= 15 is 0 Å². The van der Waals surface area contributed by atoms with E-state index in [1.54, 1.807) is 6.26 Å². The Morgan fingerprint density at radius 1 is 1.26 bits per heavy atom. The predicted molar refractivity (Wildman–Crippen MR) is 86.9 cm³/mol. The zero-order valence-corrected chi connectivity index (χ0v) is 13.1. The first-order valence-corrected chi connectivity index (χ1v) is 7.63. The molecule has 0 radical (unpaired) electrons. The molecule has 0 aliphatic rings. The second-order valence-electron chi connectivity index (χ2n) is 5.31. The van der Waals surface area contributed by atoms with Gasteiger partial charge in [-0.2, -0.15) is 0 Å². The van der Waals surface area contributed by atoms with E-state index in [9.17, 15) is 0 Å². The average Bonchev–Trinajstić information content (AvgIpc) is 3.20. The van der Waals surface area contributed by atoms with Crippen molar-refractivity contribution < 1.29 is 9.15 Å². The van der Waals surface area contributed by atoms with Gasteiger partial charge in [-0.25, -0.2) is 4.68 Å². The van der Waals surface area contributed by atoms with Gasteiger partial charge in [-0.3, -0.25) is 0 Å². The van der Waals surface area contributed by atoms with E-state index in [1.165, 1.54) is 5.56 Å². The van der Waals surface area contributed by atoms with Gasteiger partial charge in [0.1, 0.15) is 17.1 Å². The summed E-state index contributed by atoms with van der Waals surface area (Å²) in [4.78, 5) is 0. The third-order valence-electron chi connectivity index (χ3n) is 3.53. The van der Waals surface area contributed by atoms with Crippen molar-refractivity contribution in [3.05, 3.63) is 53.9 Å². The molecule has 120 valence electrons. The number of furan rings is 1. The van der Waals surface area contributed by atoms with Crippen molar-refractivity contribution in [2.45, 2.75) is 26.4 Å². The van der Waals surface area contributed by atoms with Crippen LogP contribution in [0.4, 0.5) is 0 Å². The molecule has 6 heteroatoms. The maximum atomic E-state index is 5.76. The fourth-order valence-electron chi connectivity index (χ4n) is 2.44. The summed E-state index contributed by atoms with van der Waals surface area (Å²) in [5.74, 6) is 1.62. The monoisotopic (exact) mass is 312 g/mol. The molecule has 0 atom stereocenters. The minimum Gasteiger partial charge on any atom is -0.494 e. The van der Waals surface area contributed by atoms with Gasteiger partial charge in [-0.15, -0.1) is 5.10 Å². The van der Waals surface area contributed by atoms with Crippen LogP contribution in [0.1, 0.15) is 17.7 Å². The summed E-state index contributed by atoms with van der Waals surface area (Å²) in [5, 5.41) is 8.30. The number of ether oxygens (including phenoxy) is 1. The molecule has 3 aromatic rings. The number of nitrogens with two attached hydrogens (primary N) is 1. The minimum absolute atomic E-state index is 0.329. The van der Waals surface area contributed by atoms with Crippen molar-refractivity contribution >= 4 is 0 Å². The minimum atomic E-state index is 0.329. The molecule has 23 heavy (non-hydrogen) atoms. The van der Waals surface area contributed by atoms with Crippen molar-refractivity contribution in [3.63, 3.8) is 0 Å². The molecule has 0 spiro atoms. The molecule has 0 amide bonds. The summed E-state index contributed by atoms with van der Waals surface area (Å²) in [6.07, 6.45) is 2.45. The molecule has 0 unspecified atom stereocenters. The summed E-state index contributed by atoms with van der Waals surface area (Å²) < 4.78 is 13.0. The van der Waals surface area contributed by atoms with Crippen molar-refractivity contribution in [3.8, 4) is 17.2 Å². The number of aromatic nitrogens is 3. The molecule has 0 aliphatic carbocycles. The number of rotatable bonds is 7. The molecule has 6 nitrogen and oxygen atoms in total. The fraction of sp³-hybridized carbons (Fsp3) is 0.294. The lowest BCUT2D eigenvalue weighted by atomic mass is 10.2. The summed E-state index contributed by atoms with van der Waals surface area (Å²) in [7, 11) is 0. The Morgan fingerprint density at radius 3 is 2.91 bits per heavy atom. The Balaban J connectivity index is 1.61. The van der Waals surface area contributed by atoms with Crippen LogP contribution >= 0.6 is 0 Å². The van der Waals surface area contributed by atoms with E-state index in [1.807, 2.05) is 48.0 Å². The third-order valence-corrected chi connectivity index (χ3v) is 3.53. The van der Waals surface area contributed by atoms with E-state index in [0.717, 1.165) is 29.3 Å². The number of aryl methyl sites for hydroxylation is 2. The lowest BCUT2D eigenvalue weighted by molar-refractivity contribution is 0.298. The Hall–Kier alpha value is -2.60. The van der Waals surface area contributed by atoms with Gasteiger partial charge < -0.3 is 14.9 Å². The van der Waals surface area contributed by atoms with Gasteiger partial charge in [0.25, 0.3) is 0 Å². The normalized spacial score (nSPS) is 10.9. The fourth-order valence-corrected chi connectivity index (χ4v) is 2.44. The first kappa shape index (κ1) is 15.3. The molecule has 2 heterocycles. The zero-order chi connectivity index (χ0) is 16.1. The smallest absolute Gasteiger partial charge is 0.153 e. The van der Waals surface area contributed by atoms with Crippen LogP contribution in [0, 0.1) is 6.92 Å². The molecule has 3 rings (SSSR count). The van der Waals surface area contributed by atoms with Crippen LogP contribution in [0.15, 0.2) is 47.1 Å². The number of hydrogen-bond donors (Lipinski definition) is 1. The van der Waals surface area contributed by atoms with Crippen LogP contribution in [0.25, 0.3) is 11.5 Å². The van der Waals surface area contributed by atoms with Gasteiger partial charge in [0.2, 0.25) is 0 Å². The lowest BCUT2D eigenvalue weighted by Gasteiger charge is -2.08. The molecule has 0 saturated carbocycles. The third kappa shape index (κ3) is 3.60. The van der Waals surface area contributed by atoms with Crippen molar-refractivity contribution in [1.82, 2.24) is 15.0 Å². The molecule has 0 bridgehead atoms. The molecular formula is C17H20N4O2. The maximum absolute atomic E-state index is 5.76. The van der Waals surface area contributed by atoms with Crippen molar-refractivity contribution in [2.75, 3.05) is 6.61 Å². The standard InChI is InChI=1S/C17H20N4O2/c1-13-5-2-6-14(11-13)22-10-4-8-21-17(15(12-18)19-20-21)16-7-3-9-23-16/h2-3,5-7,9,11H,4,8,10,12,18H2,1H3. The highest BCUT2D eigenvalue weighted by Crippen LogP contribution is 2.22. The topological polar surface area (TPSA) is 79.1 Å². The summed E-state index contributed by atoms with van der Waals surface area (Å²) >= 11 is 0. The Morgan fingerprint density at radius 2 is 2.17 bits per heavy atom. The molecular weight excluding hydrogens is 292 g/mol. The van der Waals surface area contributed by atoms with Crippen LogP contribution in [-0.4, -0.2) is 21.6 Å². The Kier molecular flexibility index (Phi) is 4.73. The zero-order valence-electron chi connectivity index (χ0n) is 13.1. The van der Waals surface area contributed by atoms with Crippen molar-refractivity contribution in [2.24, 2.45) is 5.73 Å². The van der Waals surface area contributed by atoms with E-state index in [0.29, 0.717) is 19.7 Å². The van der Waals surface area contributed by atoms with Gasteiger partial charge in [0, 0.05) is 19.5 Å². The Labute approximate surface area is 134 Å². The van der Waals surface area contributed by atoms with E-state index in [2.05, 4.69) is 10.3 Å². The lowest BCUT2D eigenvalue weighted by Crippen LogP contribution is -2.08. The summed E-state index contributed by atoms with van der Waals surface area (Å²) in [6, 6.07) is 11.8. The first-order valence-electron chi connectivity index (χ1n) is 7.63. The first-order chi connectivity index (χ1) is 11.3. The van der Waals surface area contributed by atoms with E-state index in [4.69, 9.17) is 14.9 Å². The van der Waals surface area contributed by atoms with Gasteiger partial charge in [-0.1, -0.05) is 17.3 Å². The molecule has 0 aliphatic heterocycles. The highest BCUT2D eigenvalue weighted by atomic mass is 16.5. The van der Waals surface area contributed by atoms with Crippen LogP contribution in [0.3, 0.4) is 0 Å². The molecule has 0 fully saturated rings. The van der Waals surface area contributed by atoms with Crippen LogP contribution < -0.4 is 10.5 Å². The SMILES string of the molecule is Cc1cccc(OCCCn2nnc(CN)c2-c2ccco2)c1. The maximum Gasteiger partial charge on any atom is 0.153 e. The van der Waals surface area contributed by atoms with Gasteiger partial charge in [0.15, 0.2) is 5.76 Å². The molecule has 2 N–H and O–H groups in total. The summed E-state index contributed by atoms with van der Waals surface area (Å²) in [5.41, 5.74) is 8.50. The van der Waals surface area contributed by atoms with Crippen LogP contribution in [0.2, 0.25) is 0 Å². The van der Waals surface area contributed by atoms with Crippen LogP contribution in [-0.2, 0) is 13.1 Å². The quantitative estimate of drug-likeness (QED) is 0.679. The highest BCUT2D eigenvalue weighted by molar-refractivity contribution is 5.55. The molecule has 1 aromatic carbocycles. The van der Waals surface area contributed by atoms with E-state index < -0.39 is 0 Å². The number of hydrogen-bond acceptors (Lipinski definition) is 5. The largest absolute Gasteiger partial charge is 0.494 e.